The highest BCUT2D eigenvalue weighted by atomic mass is 32.1. The summed E-state index contributed by atoms with van der Waals surface area (Å²) in [5.74, 6) is 0. The molecule has 1 aromatic rings. The first-order valence-corrected chi connectivity index (χ1v) is 6.72. The molecule has 0 aromatic carbocycles. The molecule has 0 atom stereocenters. The molecule has 0 N–H and O–H groups in total. The first kappa shape index (κ1) is 11.2. The predicted molar refractivity (Wildman–Crippen MR) is 68.8 cm³/mol. The van der Waals surface area contributed by atoms with Gasteiger partial charge in [-0.25, -0.2) is 0 Å². The molecule has 1 heteroatoms. The molecule has 1 aliphatic carbocycles. The molecule has 1 heterocycles. The summed E-state index contributed by atoms with van der Waals surface area (Å²) in [5.41, 5.74) is 2.47. The fraction of sp³-hybridized carbons (Fsp3) is 0.714. The van der Waals surface area contributed by atoms with Crippen molar-refractivity contribution in [3.05, 3.63) is 21.4 Å². The molecule has 2 rings (SSSR count). The Labute approximate surface area is 97.7 Å². The number of rotatable bonds is 0. The minimum atomic E-state index is 0.326. The van der Waals surface area contributed by atoms with Crippen LogP contribution in [0, 0.1) is 5.41 Å². The lowest BCUT2D eigenvalue weighted by Crippen LogP contribution is -2.20. The Morgan fingerprint density at radius 2 is 1.93 bits per heavy atom. The average molecular weight is 222 g/mol. The van der Waals surface area contributed by atoms with Crippen LogP contribution in [0.15, 0.2) is 6.07 Å². The summed E-state index contributed by atoms with van der Waals surface area (Å²) in [6, 6.07) is 2.46. The topological polar surface area (TPSA) is 0 Å². The Bertz CT molecular complexity index is 363. The van der Waals surface area contributed by atoms with Gasteiger partial charge in [-0.05, 0) is 41.7 Å². The molecule has 0 fully saturated rings. The maximum Gasteiger partial charge on any atom is 0.0105 e. The van der Waals surface area contributed by atoms with Crippen molar-refractivity contribution < 1.29 is 0 Å². The average Bonchev–Trinajstić information content (AvgIpc) is 2.43. The Morgan fingerprint density at radius 1 is 1.27 bits per heavy atom. The van der Waals surface area contributed by atoms with Crippen LogP contribution in [0.4, 0.5) is 0 Å². The Kier molecular flexibility index (Phi) is 2.50. The van der Waals surface area contributed by atoms with Crippen LogP contribution in [0.1, 0.15) is 56.4 Å². The van der Waals surface area contributed by atoms with Crippen molar-refractivity contribution in [1.29, 1.82) is 0 Å². The Morgan fingerprint density at radius 3 is 2.53 bits per heavy atom. The highest BCUT2D eigenvalue weighted by Gasteiger charge is 2.28. The number of aryl methyl sites for hydroxylation is 1. The molecule has 0 saturated carbocycles. The van der Waals surface area contributed by atoms with Gasteiger partial charge in [-0.3, -0.25) is 0 Å². The van der Waals surface area contributed by atoms with Crippen LogP contribution in [0.25, 0.3) is 0 Å². The highest BCUT2D eigenvalue weighted by Crippen LogP contribution is 2.41. The molecular weight excluding hydrogens is 200 g/mol. The van der Waals surface area contributed by atoms with Crippen molar-refractivity contribution in [2.75, 3.05) is 0 Å². The molecule has 0 nitrogen and oxygen atoms in total. The van der Waals surface area contributed by atoms with E-state index in [9.17, 15) is 0 Å². The van der Waals surface area contributed by atoms with Gasteiger partial charge in [-0.1, -0.05) is 34.6 Å². The van der Waals surface area contributed by atoms with Gasteiger partial charge < -0.3 is 0 Å². The minimum Gasteiger partial charge on any atom is -0.145 e. The van der Waals surface area contributed by atoms with E-state index in [4.69, 9.17) is 0 Å². The lowest BCUT2D eigenvalue weighted by Gasteiger charge is -2.29. The van der Waals surface area contributed by atoms with Gasteiger partial charge in [0.25, 0.3) is 0 Å². The summed E-state index contributed by atoms with van der Waals surface area (Å²) >= 11 is 2.04. The third-order valence-corrected chi connectivity index (χ3v) is 5.00. The molecule has 0 spiro atoms. The second-order valence-corrected chi connectivity index (χ2v) is 7.79. The molecule has 0 aliphatic heterocycles. The van der Waals surface area contributed by atoms with Crippen molar-refractivity contribution in [1.82, 2.24) is 0 Å². The van der Waals surface area contributed by atoms with Gasteiger partial charge in [0.1, 0.15) is 0 Å². The molecule has 1 aromatic heterocycles. The minimum absolute atomic E-state index is 0.326. The number of hydrogen-bond donors (Lipinski definition) is 0. The normalized spacial score (nSPS) is 20.1. The molecule has 0 unspecified atom stereocenters. The van der Waals surface area contributed by atoms with Crippen LogP contribution in [0.5, 0.6) is 0 Å². The van der Waals surface area contributed by atoms with E-state index in [1.165, 1.54) is 19.3 Å². The van der Waals surface area contributed by atoms with Crippen molar-refractivity contribution in [2.45, 2.75) is 59.3 Å². The maximum absolute atomic E-state index is 2.46. The lowest BCUT2D eigenvalue weighted by atomic mass is 9.77. The molecule has 0 saturated heterocycles. The van der Waals surface area contributed by atoms with Gasteiger partial charge in [-0.2, -0.15) is 0 Å². The molecular formula is C14H22S. The first-order valence-electron chi connectivity index (χ1n) is 5.90. The molecule has 84 valence electrons. The van der Waals surface area contributed by atoms with Gasteiger partial charge in [0.05, 0.1) is 0 Å². The standard InChI is InChI=1S/C14H22S/c1-13(2,3)12-8-10-9-14(4,5)7-6-11(10)15-12/h8H,6-7,9H2,1-5H3. The van der Waals surface area contributed by atoms with E-state index >= 15 is 0 Å². The first-order chi connectivity index (χ1) is 6.78. The van der Waals surface area contributed by atoms with Crippen molar-refractivity contribution in [3.8, 4) is 0 Å². The zero-order valence-electron chi connectivity index (χ0n) is 10.6. The second kappa shape index (κ2) is 3.35. The van der Waals surface area contributed by atoms with E-state index in [0.29, 0.717) is 10.8 Å². The largest absolute Gasteiger partial charge is 0.145 e. The van der Waals surface area contributed by atoms with E-state index in [0.717, 1.165) is 0 Å². The number of fused-ring (bicyclic) bond motifs is 1. The Hall–Kier alpha value is -0.300. The monoisotopic (exact) mass is 222 g/mol. The summed E-state index contributed by atoms with van der Waals surface area (Å²) in [5, 5.41) is 0. The fourth-order valence-electron chi connectivity index (χ4n) is 2.25. The van der Waals surface area contributed by atoms with E-state index in [-0.39, 0.29) is 0 Å². The molecule has 15 heavy (non-hydrogen) atoms. The van der Waals surface area contributed by atoms with Gasteiger partial charge in [0, 0.05) is 9.75 Å². The van der Waals surface area contributed by atoms with E-state index in [2.05, 4.69) is 40.7 Å². The van der Waals surface area contributed by atoms with Crippen molar-refractivity contribution >= 4 is 11.3 Å². The third-order valence-electron chi connectivity index (χ3n) is 3.33. The predicted octanol–water partition coefficient (Wildman–Crippen LogP) is 4.56. The van der Waals surface area contributed by atoms with Crippen molar-refractivity contribution in [3.63, 3.8) is 0 Å². The van der Waals surface area contributed by atoms with Crippen LogP contribution in [0.3, 0.4) is 0 Å². The zero-order valence-corrected chi connectivity index (χ0v) is 11.4. The fourth-order valence-corrected chi connectivity index (χ4v) is 3.49. The summed E-state index contributed by atoms with van der Waals surface area (Å²) in [4.78, 5) is 3.21. The number of thiophene rings is 1. The third kappa shape index (κ3) is 2.28. The van der Waals surface area contributed by atoms with Gasteiger partial charge >= 0.3 is 0 Å². The van der Waals surface area contributed by atoms with Gasteiger partial charge in [-0.15, -0.1) is 11.3 Å². The SMILES string of the molecule is CC1(C)CCc2sc(C(C)(C)C)cc2C1. The summed E-state index contributed by atoms with van der Waals surface area (Å²) in [7, 11) is 0. The molecule has 0 radical (unpaired) electrons. The second-order valence-electron chi connectivity index (χ2n) is 6.65. The van der Waals surface area contributed by atoms with Crippen LogP contribution in [0.2, 0.25) is 0 Å². The molecule has 1 aliphatic rings. The van der Waals surface area contributed by atoms with Crippen LogP contribution < -0.4 is 0 Å². The lowest BCUT2D eigenvalue weighted by molar-refractivity contribution is 0.318. The number of hydrogen-bond acceptors (Lipinski definition) is 1. The highest BCUT2D eigenvalue weighted by molar-refractivity contribution is 7.12. The summed E-state index contributed by atoms with van der Waals surface area (Å²) in [6.45, 7) is 11.7. The van der Waals surface area contributed by atoms with Crippen LogP contribution in [-0.2, 0) is 18.3 Å². The van der Waals surface area contributed by atoms with Crippen LogP contribution >= 0.6 is 11.3 Å². The van der Waals surface area contributed by atoms with Crippen molar-refractivity contribution in [2.24, 2.45) is 5.41 Å². The van der Waals surface area contributed by atoms with E-state index < -0.39 is 0 Å². The van der Waals surface area contributed by atoms with Crippen LogP contribution in [-0.4, -0.2) is 0 Å². The Balaban J connectivity index is 2.34. The molecule has 0 amide bonds. The van der Waals surface area contributed by atoms with Gasteiger partial charge in [0.2, 0.25) is 0 Å². The molecule has 0 bridgehead atoms. The zero-order chi connectivity index (χ0) is 11.3. The van der Waals surface area contributed by atoms with E-state index in [1.54, 1.807) is 15.3 Å². The quantitative estimate of drug-likeness (QED) is 0.603. The van der Waals surface area contributed by atoms with E-state index in [1.807, 2.05) is 11.3 Å². The maximum atomic E-state index is 2.46. The summed E-state index contributed by atoms with van der Waals surface area (Å²) in [6.07, 6.45) is 3.92. The van der Waals surface area contributed by atoms with Gasteiger partial charge in [0.15, 0.2) is 0 Å². The summed E-state index contributed by atoms with van der Waals surface area (Å²) < 4.78 is 0. The smallest absolute Gasteiger partial charge is 0.0105 e.